The Kier molecular flexibility index (Phi) is 3.34. The van der Waals surface area contributed by atoms with E-state index in [-0.39, 0.29) is 6.17 Å². The molecule has 0 saturated carbocycles. The van der Waals surface area contributed by atoms with Crippen LogP contribution in [-0.4, -0.2) is 25.4 Å². The second-order valence-corrected chi connectivity index (χ2v) is 6.59. The highest BCUT2D eigenvalue weighted by molar-refractivity contribution is 9.10. The molecule has 1 aliphatic rings. The highest BCUT2D eigenvalue weighted by Crippen LogP contribution is 2.24. The average Bonchev–Trinajstić information content (AvgIpc) is 2.66. The smallest absolute Gasteiger partial charge is 0.244 e. The molecule has 88 valence electrons. The number of sulfonamides is 1. The van der Waals surface area contributed by atoms with E-state index in [9.17, 15) is 8.42 Å². The molecule has 0 spiro atoms. The first-order valence-corrected chi connectivity index (χ1v) is 7.28. The minimum atomic E-state index is -3.42. The van der Waals surface area contributed by atoms with Gasteiger partial charge in [-0.3, -0.25) is 0 Å². The van der Waals surface area contributed by atoms with Crippen molar-refractivity contribution < 1.29 is 8.42 Å². The van der Waals surface area contributed by atoms with Crippen LogP contribution >= 0.6 is 15.9 Å². The van der Waals surface area contributed by atoms with Gasteiger partial charge in [-0.1, -0.05) is 15.9 Å². The summed E-state index contributed by atoms with van der Waals surface area (Å²) in [4.78, 5) is 0.299. The summed E-state index contributed by atoms with van der Waals surface area (Å²) in [7, 11) is -3.42. The fourth-order valence-electron chi connectivity index (χ4n) is 1.81. The van der Waals surface area contributed by atoms with Crippen LogP contribution < -0.4 is 5.73 Å². The molecule has 1 fully saturated rings. The van der Waals surface area contributed by atoms with Gasteiger partial charge in [0.2, 0.25) is 10.0 Å². The summed E-state index contributed by atoms with van der Waals surface area (Å²) in [6.07, 6.45) is 1.18. The Labute approximate surface area is 104 Å². The zero-order valence-corrected chi connectivity index (χ0v) is 11.0. The molecule has 0 aliphatic carbocycles. The first-order chi connectivity index (χ1) is 7.51. The van der Waals surface area contributed by atoms with E-state index in [4.69, 9.17) is 5.73 Å². The molecule has 6 heteroatoms. The van der Waals surface area contributed by atoms with Gasteiger partial charge in [0, 0.05) is 11.0 Å². The number of nitrogens with zero attached hydrogens (tertiary/aromatic N) is 1. The van der Waals surface area contributed by atoms with Gasteiger partial charge in [0.1, 0.15) is 0 Å². The van der Waals surface area contributed by atoms with Crippen LogP contribution in [0, 0.1) is 0 Å². The molecule has 0 radical (unpaired) electrons. The number of benzene rings is 1. The molecule has 1 aromatic carbocycles. The molecule has 0 bridgehead atoms. The molecule has 16 heavy (non-hydrogen) atoms. The van der Waals surface area contributed by atoms with Gasteiger partial charge < -0.3 is 5.73 Å². The predicted octanol–water partition coefficient (Wildman–Crippen LogP) is 1.52. The lowest BCUT2D eigenvalue weighted by atomic mass is 10.3. The second-order valence-electron chi connectivity index (χ2n) is 3.78. The minimum absolute atomic E-state index is 0.299. The molecule has 1 heterocycles. The van der Waals surface area contributed by atoms with Crippen molar-refractivity contribution >= 4 is 26.0 Å². The Morgan fingerprint density at radius 2 is 1.94 bits per heavy atom. The Morgan fingerprint density at radius 3 is 2.44 bits per heavy atom. The van der Waals surface area contributed by atoms with E-state index in [1.807, 2.05) is 0 Å². The normalized spacial score (nSPS) is 22.5. The van der Waals surface area contributed by atoms with Crippen molar-refractivity contribution in [3.05, 3.63) is 28.7 Å². The van der Waals surface area contributed by atoms with E-state index in [1.54, 1.807) is 24.3 Å². The van der Waals surface area contributed by atoms with E-state index in [0.717, 1.165) is 17.3 Å². The predicted molar refractivity (Wildman–Crippen MR) is 65.2 cm³/mol. The molecule has 1 atom stereocenters. The van der Waals surface area contributed by atoms with Crippen molar-refractivity contribution in [2.45, 2.75) is 23.9 Å². The lowest BCUT2D eigenvalue weighted by molar-refractivity contribution is 0.396. The van der Waals surface area contributed by atoms with Crippen molar-refractivity contribution in [3.8, 4) is 0 Å². The van der Waals surface area contributed by atoms with Crippen molar-refractivity contribution in [1.82, 2.24) is 4.31 Å². The third kappa shape index (κ3) is 2.15. The maximum absolute atomic E-state index is 12.2. The van der Waals surface area contributed by atoms with Crippen LogP contribution in [0.4, 0.5) is 0 Å². The topological polar surface area (TPSA) is 63.4 Å². The standard InChI is InChI=1S/C10H13BrN2O2S/c11-8-3-5-9(6-4-8)16(14,15)13-7-1-2-10(13)12/h3-6,10H,1-2,7,12H2. The number of hydrogen-bond donors (Lipinski definition) is 1. The molecule has 1 unspecified atom stereocenters. The van der Waals surface area contributed by atoms with Crippen LogP contribution in [0.25, 0.3) is 0 Å². The lowest BCUT2D eigenvalue weighted by Crippen LogP contribution is -2.40. The SMILES string of the molecule is NC1CCCN1S(=O)(=O)c1ccc(Br)cc1. The van der Waals surface area contributed by atoms with E-state index in [2.05, 4.69) is 15.9 Å². The second kappa shape index (κ2) is 4.44. The van der Waals surface area contributed by atoms with Crippen LogP contribution in [0.15, 0.2) is 33.6 Å². The first kappa shape index (κ1) is 12.0. The van der Waals surface area contributed by atoms with Gasteiger partial charge in [0.05, 0.1) is 11.1 Å². The van der Waals surface area contributed by atoms with E-state index in [1.165, 1.54) is 4.31 Å². The van der Waals surface area contributed by atoms with Crippen molar-refractivity contribution in [1.29, 1.82) is 0 Å². The molecule has 2 rings (SSSR count). The van der Waals surface area contributed by atoms with Crippen LogP contribution in [0.3, 0.4) is 0 Å². The monoisotopic (exact) mass is 304 g/mol. The Balaban J connectivity index is 2.35. The summed E-state index contributed by atoms with van der Waals surface area (Å²) in [6, 6.07) is 6.61. The quantitative estimate of drug-likeness (QED) is 0.901. The van der Waals surface area contributed by atoms with E-state index >= 15 is 0 Å². The number of nitrogens with two attached hydrogens (primary N) is 1. The zero-order valence-electron chi connectivity index (χ0n) is 8.64. The van der Waals surface area contributed by atoms with Crippen LogP contribution in [-0.2, 0) is 10.0 Å². The third-order valence-electron chi connectivity index (χ3n) is 2.67. The zero-order chi connectivity index (χ0) is 11.8. The van der Waals surface area contributed by atoms with E-state index < -0.39 is 10.0 Å². The van der Waals surface area contributed by atoms with Crippen LogP contribution in [0.5, 0.6) is 0 Å². The van der Waals surface area contributed by atoms with Crippen molar-refractivity contribution in [3.63, 3.8) is 0 Å². The van der Waals surface area contributed by atoms with Gasteiger partial charge in [0.15, 0.2) is 0 Å². The summed E-state index contributed by atoms with van der Waals surface area (Å²) < 4.78 is 26.6. The van der Waals surface area contributed by atoms with Crippen LogP contribution in [0.1, 0.15) is 12.8 Å². The number of halogens is 1. The fourth-order valence-corrected chi connectivity index (χ4v) is 3.65. The average molecular weight is 305 g/mol. The maximum Gasteiger partial charge on any atom is 0.244 e. The summed E-state index contributed by atoms with van der Waals surface area (Å²) in [6.45, 7) is 0.513. The molecular weight excluding hydrogens is 292 g/mol. The minimum Gasteiger partial charge on any atom is -0.315 e. The molecular formula is C10H13BrN2O2S. The molecule has 4 nitrogen and oxygen atoms in total. The number of hydrogen-bond acceptors (Lipinski definition) is 3. The Morgan fingerprint density at radius 1 is 1.31 bits per heavy atom. The van der Waals surface area contributed by atoms with Gasteiger partial charge in [-0.05, 0) is 37.1 Å². The highest BCUT2D eigenvalue weighted by atomic mass is 79.9. The van der Waals surface area contributed by atoms with Crippen LogP contribution in [0.2, 0.25) is 0 Å². The lowest BCUT2D eigenvalue weighted by Gasteiger charge is -2.20. The van der Waals surface area contributed by atoms with Gasteiger partial charge in [-0.2, -0.15) is 4.31 Å². The van der Waals surface area contributed by atoms with Gasteiger partial charge >= 0.3 is 0 Å². The Bertz CT molecular complexity index is 472. The molecule has 2 N–H and O–H groups in total. The number of rotatable bonds is 2. The van der Waals surface area contributed by atoms with E-state index in [0.29, 0.717) is 11.4 Å². The van der Waals surface area contributed by atoms with Gasteiger partial charge in [-0.15, -0.1) is 0 Å². The third-order valence-corrected chi connectivity index (χ3v) is 5.14. The van der Waals surface area contributed by atoms with Crippen molar-refractivity contribution in [2.75, 3.05) is 6.54 Å². The summed E-state index contributed by atoms with van der Waals surface area (Å²) in [5, 5.41) is 0. The highest BCUT2D eigenvalue weighted by Gasteiger charge is 2.32. The molecule has 0 amide bonds. The largest absolute Gasteiger partial charge is 0.315 e. The molecule has 0 aromatic heterocycles. The Hall–Kier alpha value is -0.430. The summed E-state index contributed by atoms with van der Waals surface area (Å²) >= 11 is 3.27. The molecule has 1 aromatic rings. The summed E-state index contributed by atoms with van der Waals surface area (Å²) in [5.74, 6) is 0. The fraction of sp³-hybridized carbons (Fsp3) is 0.400. The van der Waals surface area contributed by atoms with Gasteiger partial charge in [0.25, 0.3) is 0 Å². The maximum atomic E-state index is 12.2. The summed E-state index contributed by atoms with van der Waals surface area (Å²) in [5.41, 5.74) is 5.77. The molecule has 1 aliphatic heterocycles. The van der Waals surface area contributed by atoms with Crippen molar-refractivity contribution in [2.24, 2.45) is 5.73 Å². The molecule has 1 saturated heterocycles. The van der Waals surface area contributed by atoms with Gasteiger partial charge in [-0.25, -0.2) is 8.42 Å². The first-order valence-electron chi connectivity index (χ1n) is 5.05.